The van der Waals surface area contributed by atoms with Crippen molar-refractivity contribution < 1.29 is 14.3 Å². The Morgan fingerprint density at radius 2 is 1.67 bits per heavy atom. The van der Waals surface area contributed by atoms with Crippen molar-refractivity contribution in [3.8, 4) is 11.5 Å². The molecule has 0 aliphatic carbocycles. The molecule has 0 spiro atoms. The van der Waals surface area contributed by atoms with Gasteiger partial charge in [-0.15, -0.1) is 0 Å². The number of ether oxygens (including phenoxy) is 2. The summed E-state index contributed by atoms with van der Waals surface area (Å²) in [6, 6.07) is 13.2. The quantitative estimate of drug-likeness (QED) is 0.616. The number of methoxy groups -OCH3 is 2. The van der Waals surface area contributed by atoms with Crippen molar-refractivity contribution in [3.63, 3.8) is 0 Å². The van der Waals surface area contributed by atoms with Crippen LogP contribution in [0.5, 0.6) is 11.5 Å². The first-order valence-corrected chi connectivity index (χ1v) is 6.65. The fraction of sp³-hybridized carbons (Fsp3) is 0.167. The van der Waals surface area contributed by atoms with Crippen molar-refractivity contribution in [1.82, 2.24) is 0 Å². The van der Waals surface area contributed by atoms with Crippen LogP contribution in [0.4, 0.5) is 0 Å². The zero-order valence-corrected chi connectivity index (χ0v) is 12.4. The normalized spacial score (nSPS) is 10.6. The Morgan fingerprint density at radius 3 is 2.29 bits per heavy atom. The van der Waals surface area contributed by atoms with E-state index in [2.05, 4.69) is 0 Å². The Balaban J connectivity index is 2.31. The molecule has 2 rings (SSSR count). The summed E-state index contributed by atoms with van der Waals surface area (Å²) in [5, 5.41) is 0. The Kier molecular flexibility index (Phi) is 4.77. The molecule has 0 atom stereocenters. The molecule has 0 fully saturated rings. The van der Waals surface area contributed by atoms with Gasteiger partial charge in [-0.2, -0.15) is 0 Å². The predicted octanol–water partition coefficient (Wildman–Crippen LogP) is 3.91. The van der Waals surface area contributed by atoms with E-state index >= 15 is 0 Å². The number of ketones is 1. The average molecular weight is 282 g/mol. The second-order valence-electron chi connectivity index (χ2n) is 4.63. The van der Waals surface area contributed by atoms with Crippen LogP contribution >= 0.6 is 0 Å². The van der Waals surface area contributed by atoms with Gasteiger partial charge in [0.2, 0.25) is 0 Å². The van der Waals surface area contributed by atoms with Crippen LogP contribution < -0.4 is 9.47 Å². The monoisotopic (exact) mass is 282 g/mol. The molecule has 0 N–H and O–H groups in total. The lowest BCUT2D eigenvalue weighted by atomic mass is 10.0. The van der Waals surface area contributed by atoms with Crippen molar-refractivity contribution >= 4 is 11.9 Å². The van der Waals surface area contributed by atoms with Crippen LogP contribution in [0.3, 0.4) is 0 Å². The molecule has 0 saturated heterocycles. The van der Waals surface area contributed by atoms with Crippen molar-refractivity contribution in [2.24, 2.45) is 0 Å². The zero-order chi connectivity index (χ0) is 15.2. The molecular formula is C18H18O3. The smallest absolute Gasteiger partial charge is 0.189 e. The van der Waals surface area contributed by atoms with Gasteiger partial charge < -0.3 is 9.47 Å². The van der Waals surface area contributed by atoms with E-state index in [-0.39, 0.29) is 5.78 Å². The third-order valence-electron chi connectivity index (χ3n) is 3.21. The number of carbonyl (C=O) groups is 1. The molecule has 2 aromatic rings. The summed E-state index contributed by atoms with van der Waals surface area (Å²) in [7, 11) is 3.14. The lowest BCUT2D eigenvalue weighted by Gasteiger charge is -2.11. The van der Waals surface area contributed by atoms with E-state index in [0.29, 0.717) is 17.1 Å². The molecule has 3 heteroatoms. The van der Waals surface area contributed by atoms with E-state index in [1.165, 1.54) is 0 Å². The molecule has 0 heterocycles. The highest BCUT2D eigenvalue weighted by Gasteiger charge is 2.13. The minimum atomic E-state index is -0.0959. The van der Waals surface area contributed by atoms with Gasteiger partial charge in [0.1, 0.15) is 11.5 Å². The summed E-state index contributed by atoms with van der Waals surface area (Å²) in [5.74, 6) is 1.12. The number of hydrogen-bond acceptors (Lipinski definition) is 3. The number of aryl methyl sites for hydroxylation is 1. The predicted molar refractivity (Wildman–Crippen MR) is 84.1 cm³/mol. The van der Waals surface area contributed by atoms with Gasteiger partial charge in [0.25, 0.3) is 0 Å². The second-order valence-corrected chi connectivity index (χ2v) is 4.63. The fourth-order valence-corrected chi connectivity index (χ4v) is 2.08. The first kappa shape index (κ1) is 14.9. The summed E-state index contributed by atoms with van der Waals surface area (Å²) in [6.45, 7) is 1.90. The molecule has 0 aliphatic heterocycles. The molecule has 0 aliphatic rings. The zero-order valence-electron chi connectivity index (χ0n) is 12.4. The van der Waals surface area contributed by atoms with Crippen molar-refractivity contribution in [2.45, 2.75) is 6.92 Å². The molecule has 2 aromatic carbocycles. The fourth-order valence-electron chi connectivity index (χ4n) is 2.08. The van der Waals surface area contributed by atoms with Gasteiger partial charge >= 0.3 is 0 Å². The van der Waals surface area contributed by atoms with Crippen molar-refractivity contribution in [3.05, 3.63) is 65.2 Å². The molecule has 21 heavy (non-hydrogen) atoms. The van der Waals surface area contributed by atoms with E-state index in [1.54, 1.807) is 38.5 Å². The molecule has 108 valence electrons. The highest BCUT2D eigenvalue weighted by atomic mass is 16.5. The minimum Gasteiger partial charge on any atom is -0.496 e. The van der Waals surface area contributed by atoms with Gasteiger partial charge in [-0.1, -0.05) is 36.4 Å². The molecule has 0 aromatic heterocycles. The highest BCUT2D eigenvalue weighted by Crippen LogP contribution is 2.29. The maximum absolute atomic E-state index is 12.3. The first-order valence-electron chi connectivity index (χ1n) is 6.65. The third-order valence-corrected chi connectivity index (χ3v) is 3.21. The van der Waals surface area contributed by atoms with E-state index < -0.39 is 0 Å². The van der Waals surface area contributed by atoms with Crippen molar-refractivity contribution in [1.29, 1.82) is 0 Å². The van der Waals surface area contributed by atoms with Crippen LogP contribution in [0.25, 0.3) is 6.08 Å². The summed E-state index contributed by atoms with van der Waals surface area (Å²) in [5.41, 5.74) is 2.41. The van der Waals surface area contributed by atoms with Gasteiger partial charge in [-0.3, -0.25) is 4.79 Å². The highest BCUT2D eigenvalue weighted by molar-refractivity contribution is 6.08. The molecule has 0 amide bonds. The van der Waals surface area contributed by atoms with E-state index in [4.69, 9.17) is 9.47 Å². The Bertz CT molecular complexity index is 658. The Hall–Kier alpha value is -2.55. The Labute approximate surface area is 124 Å². The summed E-state index contributed by atoms with van der Waals surface area (Å²) in [4.78, 5) is 12.3. The first-order chi connectivity index (χ1) is 10.2. The average Bonchev–Trinajstić information content (AvgIpc) is 2.53. The summed E-state index contributed by atoms with van der Waals surface area (Å²) < 4.78 is 10.5. The maximum Gasteiger partial charge on any atom is 0.189 e. The largest absolute Gasteiger partial charge is 0.496 e. The molecule has 0 bridgehead atoms. The molecule has 0 saturated carbocycles. The van der Waals surface area contributed by atoms with Gasteiger partial charge in [0, 0.05) is 6.07 Å². The standard InChI is InChI=1S/C18H18O3/c1-13-11-15(18(21-3)12-17(13)20-2)16(19)10-9-14-7-5-4-6-8-14/h4-12H,1-3H3/b10-9+. The SMILES string of the molecule is COc1cc(OC)c(C(=O)/C=C/c2ccccc2)cc1C. The van der Waals surface area contributed by atoms with Gasteiger partial charge in [-0.25, -0.2) is 0 Å². The maximum atomic E-state index is 12.3. The van der Waals surface area contributed by atoms with Gasteiger partial charge in [-0.05, 0) is 30.2 Å². The topological polar surface area (TPSA) is 35.5 Å². The molecule has 3 nitrogen and oxygen atoms in total. The summed E-state index contributed by atoms with van der Waals surface area (Å²) >= 11 is 0. The number of allylic oxidation sites excluding steroid dienone is 1. The van der Waals surface area contributed by atoms with E-state index in [0.717, 1.165) is 11.1 Å². The van der Waals surface area contributed by atoms with Crippen LogP contribution in [0.1, 0.15) is 21.5 Å². The lowest BCUT2D eigenvalue weighted by Crippen LogP contribution is -2.01. The number of hydrogen-bond donors (Lipinski definition) is 0. The molecular weight excluding hydrogens is 264 g/mol. The third kappa shape index (κ3) is 3.51. The van der Waals surface area contributed by atoms with Crippen LogP contribution in [0.15, 0.2) is 48.5 Å². The Morgan fingerprint density at radius 1 is 1.00 bits per heavy atom. The van der Waals surface area contributed by atoms with Crippen molar-refractivity contribution in [2.75, 3.05) is 14.2 Å². The van der Waals surface area contributed by atoms with Gasteiger partial charge in [0.15, 0.2) is 5.78 Å². The van der Waals surface area contributed by atoms with E-state index in [9.17, 15) is 4.79 Å². The summed E-state index contributed by atoms with van der Waals surface area (Å²) in [6.07, 6.45) is 3.35. The number of carbonyl (C=O) groups excluding carboxylic acids is 1. The van der Waals surface area contributed by atoms with Crippen LogP contribution in [0, 0.1) is 6.92 Å². The van der Waals surface area contributed by atoms with Crippen LogP contribution in [-0.4, -0.2) is 20.0 Å². The lowest BCUT2D eigenvalue weighted by molar-refractivity contribution is 0.104. The van der Waals surface area contributed by atoms with Crippen LogP contribution in [0.2, 0.25) is 0 Å². The van der Waals surface area contributed by atoms with E-state index in [1.807, 2.05) is 37.3 Å². The number of benzene rings is 2. The van der Waals surface area contributed by atoms with Gasteiger partial charge in [0.05, 0.1) is 19.8 Å². The molecule has 0 radical (unpaired) electrons. The second kappa shape index (κ2) is 6.75. The minimum absolute atomic E-state index is 0.0959. The number of rotatable bonds is 5. The molecule has 0 unspecified atom stereocenters. The van der Waals surface area contributed by atoms with Crippen LogP contribution in [-0.2, 0) is 0 Å².